The number of hydrogen-bond acceptors (Lipinski definition) is 4. The van der Waals surface area contributed by atoms with Gasteiger partial charge >= 0.3 is 0 Å². The molecular formula is C16H20ClN3O. The van der Waals surface area contributed by atoms with Gasteiger partial charge in [-0.05, 0) is 43.5 Å². The Morgan fingerprint density at radius 1 is 1.14 bits per heavy atom. The van der Waals surface area contributed by atoms with Gasteiger partial charge in [0, 0.05) is 11.6 Å². The number of benzene rings is 1. The van der Waals surface area contributed by atoms with E-state index in [0.29, 0.717) is 6.61 Å². The maximum atomic E-state index is 6.01. The molecule has 1 N–H and O–H groups in total. The predicted molar refractivity (Wildman–Crippen MR) is 86.1 cm³/mol. The Hall–Kier alpha value is -1.81. The van der Waals surface area contributed by atoms with Gasteiger partial charge in [0.15, 0.2) is 0 Å². The summed E-state index contributed by atoms with van der Waals surface area (Å²) in [6.45, 7) is 7.37. The Labute approximate surface area is 130 Å². The van der Waals surface area contributed by atoms with Gasteiger partial charge in [0.1, 0.15) is 18.2 Å². The van der Waals surface area contributed by atoms with E-state index in [4.69, 9.17) is 16.3 Å². The fourth-order valence-corrected chi connectivity index (χ4v) is 2.37. The minimum absolute atomic E-state index is 0.393. The lowest BCUT2D eigenvalue weighted by atomic mass is 10.1. The molecule has 0 radical (unpaired) electrons. The van der Waals surface area contributed by atoms with Crippen LogP contribution in [0.1, 0.15) is 30.2 Å². The fourth-order valence-electron chi connectivity index (χ4n) is 2.04. The van der Waals surface area contributed by atoms with Gasteiger partial charge in [0.2, 0.25) is 0 Å². The van der Waals surface area contributed by atoms with E-state index in [-0.39, 0.29) is 0 Å². The smallest absolute Gasteiger partial charge is 0.144 e. The topological polar surface area (TPSA) is 47.0 Å². The highest BCUT2D eigenvalue weighted by Crippen LogP contribution is 2.27. The molecule has 1 aromatic heterocycles. The second-order valence-corrected chi connectivity index (χ2v) is 5.41. The normalized spacial score (nSPS) is 10.5. The Morgan fingerprint density at radius 2 is 1.86 bits per heavy atom. The van der Waals surface area contributed by atoms with Gasteiger partial charge in [-0.25, -0.2) is 4.98 Å². The Morgan fingerprint density at radius 3 is 2.43 bits per heavy atom. The number of aryl methyl sites for hydroxylation is 2. The molecule has 5 heteroatoms. The SMILES string of the molecule is CCCNc1cnc(COc2c(C)cc(Cl)cc2C)cn1. The standard InChI is InChI=1S/C16H20ClN3O/c1-4-5-18-15-9-19-14(8-20-15)10-21-16-11(2)6-13(17)7-12(16)3/h6-9H,4-5,10H2,1-3H3,(H,18,20). The molecule has 0 saturated carbocycles. The summed E-state index contributed by atoms with van der Waals surface area (Å²) < 4.78 is 5.85. The van der Waals surface area contributed by atoms with E-state index in [2.05, 4.69) is 22.2 Å². The Kier molecular flexibility index (Phi) is 5.39. The quantitative estimate of drug-likeness (QED) is 0.871. The molecule has 0 unspecified atom stereocenters. The summed E-state index contributed by atoms with van der Waals surface area (Å²) in [5.41, 5.74) is 2.84. The molecular weight excluding hydrogens is 286 g/mol. The van der Waals surface area contributed by atoms with Crippen LogP contribution in [0.4, 0.5) is 5.82 Å². The van der Waals surface area contributed by atoms with Crippen molar-refractivity contribution in [2.24, 2.45) is 0 Å². The first-order valence-corrected chi connectivity index (χ1v) is 7.42. The molecule has 0 aliphatic rings. The lowest BCUT2D eigenvalue weighted by Crippen LogP contribution is -2.05. The zero-order valence-electron chi connectivity index (χ0n) is 12.6. The molecule has 0 aliphatic heterocycles. The van der Waals surface area contributed by atoms with Crippen molar-refractivity contribution in [1.82, 2.24) is 9.97 Å². The monoisotopic (exact) mass is 305 g/mol. The van der Waals surface area contributed by atoms with Crippen molar-refractivity contribution in [3.05, 3.63) is 46.4 Å². The summed E-state index contributed by atoms with van der Waals surface area (Å²) in [6.07, 6.45) is 4.52. The maximum Gasteiger partial charge on any atom is 0.144 e. The largest absolute Gasteiger partial charge is 0.487 e. The van der Waals surface area contributed by atoms with Crippen molar-refractivity contribution in [1.29, 1.82) is 0 Å². The summed E-state index contributed by atoms with van der Waals surface area (Å²) in [6, 6.07) is 3.79. The number of nitrogens with zero attached hydrogens (tertiary/aromatic N) is 2. The van der Waals surface area contributed by atoms with Crippen LogP contribution < -0.4 is 10.1 Å². The predicted octanol–water partition coefficient (Wildman–Crippen LogP) is 4.15. The molecule has 0 atom stereocenters. The number of nitrogens with one attached hydrogen (secondary N) is 1. The molecule has 4 nitrogen and oxygen atoms in total. The van der Waals surface area contributed by atoms with Crippen molar-refractivity contribution in [3.63, 3.8) is 0 Å². The maximum absolute atomic E-state index is 6.01. The third kappa shape index (κ3) is 4.33. The molecule has 21 heavy (non-hydrogen) atoms. The Balaban J connectivity index is 2.00. The van der Waals surface area contributed by atoms with Crippen LogP contribution >= 0.6 is 11.6 Å². The lowest BCUT2D eigenvalue weighted by Gasteiger charge is -2.12. The molecule has 0 aliphatic carbocycles. The van der Waals surface area contributed by atoms with Crippen molar-refractivity contribution in [2.75, 3.05) is 11.9 Å². The zero-order valence-corrected chi connectivity index (χ0v) is 13.4. The molecule has 0 amide bonds. The zero-order chi connectivity index (χ0) is 15.2. The minimum Gasteiger partial charge on any atom is -0.487 e. The van der Waals surface area contributed by atoms with E-state index in [1.54, 1.807) is 12.4 Å². The number of halogens is 1. The average Bonchev–Trinajstić information content (AvgIpc) is 2.45. The van der Waals surface area contributed by atoms with Crippen molar-refractivity contribution >= 4 is 17.4 Å². The van der Waals surface area contributed by atoms with E-state index in [1.807, 2.05) is 26.0 Å². The van der Waals surface area contributed by atoms with Gasteiger partial charge in [-0.15, -0.1) is 0 Å². The van der Waals surface area contributed by atoms with Crippen molar-refractivity contribution < 1.29 is 4.74 Å². The minimum atomic E-state index is 0.393. The van der Waals surface area contributed by atoms with E-state index in [0.717, 1.165) is 46.4 Å². The van der Waals surface area contributed by atoms with Gasteiger partial charge in [-0.2, -0.15) is 0 Å². The molecule has 2 rings (SSSR count). The molecule has 112 valence electrons. The van der Waals surface area contributed by atoms with Crippen LogP contribution in [0.5, 0.6) is 5.75 Å². The molecule has 2 aromatic rings. The molecule has 1 heterocycles. The first-order chi connectivity index (χ1) is 10.1. The molecule has 0 spiro atoms. The highest BCUT2D eigenvalue weighted by atomic mass is 35.5. The first kappa shape index (κ1) is 15.6. The highest BCUT2D eigenvalue weighted by Gasteiger charge is 2.07. The molecule has 1 aromatic carbocycles. The lowest BCUT2D eigenvalue weighted by molar-refractivity contribution is 0.296. The second-order valence-electron chi connectivity index (χ2n) is 4.98. The van der Waals surface area contributed by atoms with Gasteiger partial charge < -0.3 is 10.1 Å². The van der Waals surface area contributed by atoms with Crippen LogP contribution in [0.2, 0.25) is 5.02 Å². The van der Waals surface area contributed by atoms with Gasteiger partial charge in [0.05, 0.1) is 18.1 Å². The first-order valence-electron chi connectivity index (χ1n) is 7.04. The van der Waals surface area contributed by atoms with Crippen molar-refractivity contribution in [2.45, 2.75) is 33.8 Å². The van der Waals surface area contributed by atoms with Crippen LogP contribution in [0.25, 0.3) is 0 Å². The third-order valence-electron chi connectivity index (χ3n) is 3.05. The van der Waals surface area contributed by atoms with Gasteiger partial charge in [-0.3, -0.25) is 4.98 Å². The molecule has 0 fully saturated rings. The van der Waals surface area contributed by atoms with Crippen LogP contribution in [-0.2, 0) is 6.61 Å². The van der Waals surface area contributed by atoms with Crippen LogP contribution in [0.15, 0.2) is 24.5 Å². The number of aromatic nitrogens is 2. The highest BCUT2D eigenvalue weighted by molar-refractivity contribution is 6.30. The van der Waals surface area contributed by atoms with Crippen LogP contribution in [-0.4, -0.2) is 16.5 Å². The summed E-state index contributed by atoms with van der Waals surface area (Å²) >= 11 is 6.01. The number of hydrogen-bond donors (Lipinski definition) is 1. The molecule has 0 saturated heterocycles. The van der Waals surface area contributed by atoms with E-state index in [9.17, 15) is 0 Å². The summed E-state index contributed by atoms with van der Waals surface area (Å²) in [5, 5.41) is 3.92. The van der Waals surface area contributed by atoms with Crippen LogP contribution in [0, 0.1) is 13.8 Å². The van der Waals surface area contributed by atoms with Crippen molar-refractivity contribution in [3.8, 4) is 5.75 Å². The van der Waals surface area contributed by atoms with E-state index < -0.39 is 0 Å². The average molecular weight is 306 g/mol. The molecule has 0 bridgehead atoms. The Bertz CT molecular complexity index is 576. The summed E-state index contributed by atoms with van der Waals surface area (Å²) in [4.78, 5) is 8.66. The number of rotatable bonds is 6. The fraction of sp³-hybridized carbons (Fsp3) is 0.375. The summed E-state index contributed by atoms with van der Waals surface area (Å²) in [5.74, 6) is 1.65. The summed E-state index contributed by atoms with van der Waals surface area (Å²) in [7, 11) is 0. The third-order valence-corrected chi connectivity index (χ3v) is 3.27. The van der Waals surface area contributed by atoms with Gasteiger partial charge in [-0.1, -0.05) is 18.5 Å². The van der Waals surface area contributed by atoms with E-state index >= 15 is 0 Å². The van der Waals surface area contributed by atoms with E-state index in [1.165, 1.54) is 0 Å². The number of anilines is 1. The van der Waals surface area contributed by atoms with Crippen LogP contribution in [0.3, 0.4) is 0 Å². The second kappa shape index (κ2) is 7.27. The van der Waals surface area contributed by atoms with Gasteiger partial charge in [0.25, 0.3) is 0 Å². The number of ether oxygens (including phenoxy) is 1.